The van der Waals surface area contributed by atoms with Crippen LogP contribution >= 0.6 is 7.82 Å². The molecule has 2 aromatic heterocycles. The van der Waals surface area contributed by atoms with Crippen LogP contribution in [0, 0.1) is 0 Å². The van der Waals surface area contributed by atoms with Crippen LogP contribution in [0.5, 0.6) is 5.88 Å². The van der Waals surface area contributed by atoms with Gasteiger partial charge in [-0.3, -0.25) is 18.1 Å². The minimum absolute atomic E-state index is 0.0600. The molecular weight excluding hydrogens is 590 g/mol. The zero-order valence-electron chi connectivity index (χ0n) is 22.1. The molecule has 226 valence electrons. The highest BCUT2D eigenvalue weighted by molar-refractivity contribution is 7.48. The van der Waals surface area contributed by atoms with E-state index in [0.717, 1.165) is 12.1 Å². The molecule has 0 unspecified atom stereocenters. The molecule has 3 saturated heterocycles. The number of phosphoric acid groups is 1. The number of alkyl halides is 3. The minimum Gasteiger partial charge on any atom is -0.476 e. The molecule has 5 heterocycles. The van der Waals surface area contributed by atoms with Gasteiger partial charge in [-0.15, -0.1) is 0 Å². The molecule has 0 amide bonds. The lowest BCUT2D eigenvalue weighted by Gasteiger charge is -2.30. The van der Waals surface area contributed by atoms with Gasteiger partial charge >= 0.3 is 20.2 Å². The standard InChI is InChI=1S/C24H25F3N5O9P/c1-3-35-19-16-18(30-21(28)31-19)29-11-32(16)20-23(2)17(39-22(33)40-23)15(38-20)10-37-42(34)36-8-7-14(41-42)12-5-4-6-13(9-12)24(25,26)27/h4-6,9,11,14-15,17,20H,3,7-8,10H2,1-2H3,(H2,28,30,31)/t14-,15-,17-,20-,23-,42+/m1/s1. The van der Waals surface area contributed by atoms with Crippen LogP contribution in [0.2, 0.25) is 0 Å². The van der Waals surface area contributed by atoms with E-state index in [1.807, 2.05) is 0 Å². The Morgan fingerprint density at radius 1 is 1.29 bits per heavy atom. The second kappa shape index (κ2) is 10.3. The lowest BCUT2D eigenvalue weighted by atomic mass is 9.96. The quantitative estimate of drug-likeness (QED) is 0.295. The number of aromatic nitrogens is 4. The number of rotatable bonds is 7. The van der Waals surface area contributed by atoms with E-state index >= 15 is 0 Å². The third-order valence-electron chi connectivity index (χ3n) is 7.04. The maximum Gasteiger partial charge on any atom is 0.509 e. The van der Waals surface area contributed by atoms with Gasteiger partial charge in [0.2, 0.25) is 11.8 Å². The van der Waals surface area contributed by atoms with Crippen molar-refractivity contribution in [2.75, 3.05) is 25.6 Å². The Morgan fingerprint density at radius 3 is 2.86 bits per heavy atom. The van der Waals surface area contributed by atoms with Crippen molar-refractivity contribution in [2.45, 2.75) is 56.6 Å². The molecule has 6 atom stereocenters. The van der Waals surface area contributed by atoms with Crippen LogP contribution in [0.3, 0.4) is 0 Å². The van der Waals surface area contributed by atoms with E-state index in [-0.39, 0.29) is 42.7 Å². The fraction of sp³-hybridized carbons (Fsp3) is 0.500. The van der Waals surface area contributed by atoms with Crippen molar-refractivity contribution < 1.29 is 55.0 Å². The Bertz CT molecular complexity index is 1570. The highest BCUT2D eigenvalue weighted by atomic mass is 31.2. The lowest BCUT2D eigenvalue weighted by molar-refractivity contribution is -0.137. The third kappa shape index (κ3) is 5.04. The molecule has 0 bridgehead atoms. The fourth-order valence-electron chi connectivity index (χ4n) is 5.19. The molecule has 3 aliphatic rings. The van der Waals surface area contributed by atoms with Gasteiger partial charge in [-0.25, -0.2) is 14.3 Å². The molecule has 2 N–H and O–H groups in total. The van der Waals surface area contributed by atoms with Crippen molar-refractivity contribution in [2.24, 2.45) is 0 Å². The summed E-state index contributed by atoms with van der Waals surface area (Å²) in [5.41, 5.74) is 4.18. The van der Waals surface area contributed by atoms with Crippen molar-refractivity contribution in [3.05, 3.63) is 41.7 Å². The number of hydrogen-bond acceptors (Lipinski definition) is 13. The predicted molar refractivity (Wildman–Crippen MR) is 134 cm³/mol. The first kappa shape index (κ1) is 28.6. The summed E-state index contributed by atoms with van der Waals surface area (Å²) in [7, 11) is -4.27. The van der Waals surface area contributed by atoms with E-state index in [4.69, 9.17) is 38.3 Å². The van der Waals surface area contributed by atoms with Gasteiger partial charge < -0.3 is 24.7 Å². The molecule has 0 saturated carbocycles. The van der Waals surface area contributed by atoms with Gasteiger partial charge in [0.1, 0.15) is 12.4 Å². The number of anilines is 1. The van der Waals surface area contributed by atoms with Crippen LogP contribution < -0.4 is 10.5 Å². The normalized spacial score (nSPS) is 31.1. The maximum absolute atomic E-state index is 13.4. The van der Waals surface area contributed by atoms with Crippen LogP contribution in [-0.4, -0.2) is 63.3 Å². The van der Waals surface area contributed by atoms with Crippen molar-refractivity contribution in [3.8, 4) is 5.88 Å². The number of hydrogen-bond donors (Lipinski definition) is 1. The largest absolute Gasteiger partial charge is 0.509 e. The first-order chi connectivity index (χ1) is 19.9. The van der Waals surface area contributed by atoms with Crippen molar-refractivity contribution in [3.63, 3.8) is 0 Å². The van der Waals surface area contributed by atoms with Crippen LogP contribution in [0.15, 0.2) is 30.6 Å². The van der Waals surface area contributed by atoms with Crippen molar-refractivity contribution >= 4 is 31.1 Å². The fourth-order valence-corrected chi connectivity index (χ4v) is 6.58. The number of fused-ring (bicyclic) bond motifs is 2. The number of imidazole rings is 1. The maximum atomic E-state index is 13.4. The topological polar surface area (TPSA) is 168 Å². The summed E-state index contributed by atoms with van der Waals surface area (Å²) >= 11 is 0. The molecule has 0 aliphatic carbocycles. The first-order valence-corrected chi connectivity index (χ1v) is 14.3. The average molecular weight is 615 g/mol. The van der Waals surface area contributed by atoms with Gasteiger partial charge in [0.05, 0.1) is 31.5 Å². The summed E-state index contributed by atoms with van der Waals surface area (Å²) in [6.07, 6.45) is -8.10. The van der Waals surface area contributed by atoms with Gasteiger partial charge in [-0.2, -0.15) is 23.1 Å². The Hall–Kier alpha value is -3.50. The molecular formula is C24H25F3N5O9P. The van der Waals surface area contributed by atoms with E-state index in [1.54, 1.807) is 13.8 Å². The number of nitrogens with zero attached hydrogens (tertiary/aromatic N) is 4. The number of phosphoric ester groups is 1. The summed E-state index contributed by atoms with van der Waals surface area (Å²) in [5.74, 6) is 0.0652. The average Bonchev–Trinajstić information content (AvgIpc) is 3.56. The van der Waals surface area contributed by atoms with Crippen LogP contribution in [0.1, 0.15) is 43.7 Å². The number of carbonyl (C=O) groups is 1. The van der Waals surface area contributed by atoms with Crippen LogP contribution in [0.4, 0.5) is 23.9 Å². The highest BCUT2D eigenvalue weighted by Crippen LogP contribution is 2.58. The van der Waals surface area contributed by atoms with E-state index in [1.165, 1.54) is 23.0 Å². The molecule has 3 fully saturated rings. The third-order valence-corrected chi connectivity index (χ3v) is 8.52. The summed E-state index contributed by atoms with van der Waals surface area (Å²) in [6.45, 7) is 3.04. The molecule has 18 heteroatoms. The molecule has 1 aromatic carbocycles. The number of ether oxygens (including phenoxy) is 4. The number of nitrogens with two attached hydrogens (primary N) is 1. The molecule has 3 aromatic rings. The van der Waals surface area contributed by atoms with E-state index < -0.39 is 62.5 Å². The number of nitrogen functional groups attached to an aromatic ring is 1. The van der Waals surface area contributed by atoms with Crippen LogP contribution in [-0.2, 0) is 38.5 Å². The van der Waals surface area contributed by atoms with E-state index in [0.29, 0.717) is 5.52 Å². The first-order valence-electron chi connectivity index (χ1n) is 12.8. The molecule has 3 aliphatic heterocycles. The predicted octanol–water partition coefficient (Wildman–Crippen LogP) is 4.32. The summed E-state index contributed by atoms with van der Waals surface area (Å²) in [5, 5.41) is 0. The monoisotopic (exact) mass is 615 g/mol. The minimum atomic E-state index is -4.56. The molecule has 0 spiro atoms. The Morgan fingerprint density at radius 2 is 2.10 bits per heavy atom. The van der Waals surface area contributed by atoms with Gasteiger partial charge in [0.25, 0.3) is 0 Å². The number of carbonyl (C=O) groups excluding carboxylic acids is 1. The van der Waals surface area contributed by atoms with Gasteiger partial charge in [-0.1, -0.05) is 12.1 Å². The molecule has 42 heavy (non-hydrogen) atoms. The number of halogens is 3. The number of benzene rings is 1. The Balaban J connectivity index is 1.23. The van der Waals surface area contributed by atoms with Crippen molar-refractivity contribution in [1.29, 1.82) is 0 Å². The second-order valence-electron chi connectivity index (χ2n) is 9.83. The molecule has 14 nitrogen and oxygen atoms in total. The summed E-state index contributed by atoms with van der Waals surface area (Å²) in [6, 6.07) is 4.52. The van der Waals surface area contributed by atoms with Crippen molar-refractivity contribution in [1.82, 2.24) is 19.5 Å². The van der Waals surface area contributed by atoms with Gasteiger partial charge in [0, 0.05) is 6.42 Å². The molecule has 0 radical (unpaired) electrons. The van der Waals surface area contributed by atoms with E-state index in [9.17, 15) is 22.5 Å². The molecule has 6 rings (SSSR count). The SMILES string of the molecule is CCOc1nc(N)nc2ncn([C@@H]3O[C@H](CO[P@]4(=O)OCC[C@H](c5cccc(C(F)(F)F)c5)O4)[C@H]4OC(=O)O[C@]43C)c12. The highest BCUT2D eigenvalue weighted by Gasteiger charge is 2.64. The summed E-state index contributed by atoms with van der Waals surface area (Å²) < 4.78 is 93.6. The Labute approximate surface area is 235 Å². The smallest absolute Gasteiger partial charge is 0.476 e. The zero-order valence-corrected chi connectivity index (χ0v) is 23.0. The van der Waals surface area contributed by atoms with Crippen LogP contribution in [0.25, 0.3) is 11.2 Å². The second-order valence-corrected chi connectivity index (χ2v) is 11.4. The Kier molecular flexibility index (Phi) is 7.05. The summed E-state index contributed by atoms with van der Waals surface area (Å²) in [4.78, 5) is 24.7. The van der Waals surface area contributed by atoms with Gasteiger partial charge in [-0.05, 0) is 31.5 Å². The van der Waals surface area contributed by atoms with Gasteiger partial charge in [0.15, 0.2) is 29.1 Å². The van der Waals surface area contributed by atoms with E-state index in [2.05, 4.69) is 15.0 Å². The zero-order chi connectivity index (χ0) is 29.9. The lowest BCUT2D eigenvalue weighted by Crippen LogP contribution is -2.42.